The molecule has 1 aromatic heterocycles. The molecular formula is C8H14N2S2. The van der Waals surface area contributed by atoms with E-state index in [9.17, 15) is 0 Å². The first-order valence-electron chi connectivity index (χ1n) is 4.01. The number of hydrogen-bond donors (Lipinski definition) is 1. The van der Waals surface area contributed by atoms with E-state index in [-0.39, 0.29) is 0 Å². The molecule has 0 saturated carbocycles. The summed E-state index contributed by atoms with van der Waals surface area (Å²) in [6, 6.07) is 0.561. The SMILES string of the molecule is CCC(CSC)Nc1nccs1. The molecule has 0 radical (unpaired) electrons. The van der Waals surface area contributed by atoms with Gasteiger partial charge in [-0.3, -0.25) is 0 Å². The molecule has 4 heteroatoms. The third-order valence-electron chi connectivity index (χ3n) is 1.62. The van der Waals surface area contributed by atoms with Crippen molar-refractivity contribution in [3.05, 3.63) is 11.6 Å². The number of thioether (sulfide) groups is 1. The van der Waals surface area contributed by atoms with Crippen LogP contribution in [0, 0.1) is 0 Å². The highest BCUT2D eigenvalue weighted by atomic mass is 32.2. The second-order valence-electron chi connectivity index (χ2n) is 2.54. The van der Waals surface area contributed by atoms with Crippen molar-refractivity contribution in [3.8, 4) is 0 Å². The Bertz CT molecular complexity index is 199. The predicted molar refractivity (Wildman–Crippen MR) is 58.2 cm³/mol. The Kier molecular flexibility index (Phi) is 4.46. The van der Waals surface area contributed by atoms with E-state index in [4.69, 9.17) is 0 Å². The molecule has 12 heavy (non-hydrogen) atoms. The van der Waals surface area contributed by atoms with Gasteiger partial charge in [-0.15, -0.1) is 11.3 Å². The van der Waals surface area contributed by atoms with E-state index in [0.29, 0.717) is 6.04 Å². The van der Waals surface area contributed by atoms with Gasteiger partial charge in [-0.2, -0.15) is 11.8 Å². The zero-order valence-corrected chi connectivity index (χ0v) is 9.04. The molecule has 0 bridgehead atoms. The molecule has 1 N–H and O–H groups in total. The van der Waals surface area contributed by atoms with Gasteiger partial charge >= 0.3 is 0 Å². The van der Waals surface area contributed by atoms with Gasteiger partial charge in [0, 0.05) is 23.4 Å². The molecule has 0 saturated heterocycles. The molecular weight excluding hydrogens is 188 g/mol. The van der Waals surface area contributed by atoms with Crippen molar-refractivity contribution in [2.45, 2.75) is 19.4 Å². The van der Waals surface area contributed by atoms with Gasteiger partial charge in [0.25, 0.3) is 0 Å². The van der Waals surface area contributed by atoms with E-state index < -0.39 is 0 Å². The lowest BCUT2D eigenvalue weighted by molar-refractivity contribution is 0.773. The Balaban J connectivity index is 2.37. The molecule has 0 fully saturated rings. The lowest BCUT2D eigenvalue weighted by atomic mass is 10.3. The molecule has 0 amide bonds. The smallest absolute Gasteiger partial charge is 0.182 e. The van der Waals surface area contributed by atoms with Crippen LogP contribution in [0.5, 0.6) is 0 Å². The molecule has 0 spiro atoms. The summed E-state index contributed by atoms with van der Waals surface area (Å²) in [5.41, 5.74) is 0. The first kappa shape index (κ1) is 9.86. The summed E-state index contributed by atoms with van der Waals surface area (Å²) >= 11 is 3.53. The summed E-state index contributed by atoms with van der Waals surface area (Å²) in [6.07, 6.45) is 5.12. The number of thiazole rings is 1. The highest BCUT2D eigenvalue weighted by Gasteiger charge is 2.05. The van der Waals surface area contributed by atoms with Crippen LogP contribution in [0.4, 0.5) is 5.13 Å². The number of rotatable bonds is 5. The third kappa shape index (κ3) is 3.03. The van der Waals surface area contributed by atoms with E-state index >= 15 is 0 Å². The fourth-order valence-electron chi connectivity index (χ4n) is 0.932. The minimum Gasteiger partial charge on any atom is -0.358 e. The number of anilines is 1. The van der Waals surface area contributed by atoms with Crippen LogP contribution < -0.4 is 5.32 Å². The standard InChI is InChI=1S/C8H14N2S2/c1-3-7(6-11-2)10-8-9-4-5-12-8/h4-5,7H,3,6H2,1-2H3,(H,9,10). The van der Waals surface area contributed by atoms with Crippen molar-refractivity contribution in [1.82, 2.24) is 4.98 Å². The maximum atomic E-state index is 4.18. The second kappa shape index (κ2) is 5.43. The van der Waals surface area contributed by atoms with Crippen molar-refractivity contribution in [3.63, 3.8) is 0 Å². The van der Waals surface area contributed by atoms with Crippen LogP contribution in [-0.2, 0) is 0 Å². The Morgan fingerprint density at radius 3 is 3.08 bits per heavy atom. The van der Waals surface area contributed by atoms with E-state index in [0.717, 1.165) is 17.3 Å². The minimum absolute atomic E-state index is 0.561. The van der Waals surface area contributed by atoms with Crippen LogP contribution in [0.15, 0.2) is 11.6 Å². The zero-order chi connectivity index (χ0) is 8.81. The summed E-state index contributed by atoms with van der Waals surface area (Å²) in [5, 5.41) is 6.43. The number of aromatic nitrogens is 1. The molecule has 2 nitrogen and oxygen atoms in total. The van der Waals surface area contributed by atoms with Crippen LogP contribution in [0.3, 0.4) is 0 Å². The summed E-state index contributed by atoms with van der Waals surface area (Å²) in [6.45, 7) is 2.20. The Hall–Kier alpha value is -0.220. The average molecular weight is 202 g/mol. The zero-order valence-electron chi connectivity index (χ0n) is 7.41. The molecule has 1 unspecified atom stereocenters. The van der Waals surface area contributed by atoms with Crippen LogP contribution in [0.1, 0.15) is 13.3 Å². The Morgan fingerprint density at radius 1 is 1.75 bits per heavy atom. The quantitative estimate of drug-likeness (QED) is 0.794. The highest BCUT2D eigenvalue weighted by molar-refractivity contribution is 7.98. The highest BCUT2D eigenvalue weighted by Crippen LogP contribution is 2.14. The first-order chi connectivity index (χ1) is 5.86. The molecule has 1 aromatic rings. The van der Waals surface area contributed by atoms with Crippen molar-refractivity contribution in [2.75, 3.05) is 17.3 Å². The van der Waals surface area contributed by atoms with Gasteiger partial charge in [-0.05, 0) is 12.7 Å². The van der Waals surface area contributed by atoms with Crippen LogP contribution >= 0.6 is 23.1 Å². The van der Waals surface area contributed by atoms with Gasteiger partial charge in [-0.1, -0.05) is 6.92 Å². The van der Waals surface area contributed by atoms with E-state index in [1.54, 1.807) is 11.3 Å². The lowest BCUT2D eigenvalue weighted by Crippen LogP contribution is -2.20. The van der Waals surface area contributed by atoms with Gasteiger partial charge in [0.05, 0.1) is 0 Å². The Morgan fingerprint density at radius 2 is 2.58 bits per heavy atom. The topological polar surface area (TPSA) is 24.9 Å². The molecule has 0 aromatic carbocycles. The van der Waals surface area contributed by atoms with Gasteiger partial charge in [0.15, 0.2) is 5.13 Å². The van der Waals surface area contributed by atoms with Crippen molar-refractivity contribution in [1.29, 1.82) is 0 Å². The van der Waals surface area contributed by atoms with Crippen LogP contribution in [-0.4, -0.2) is 23.0 Å². The van der Waals surface area contributed by atoms with Crippen molar-refractivity contribution in [2.24, 2.45) is 0 Å². The molecule has 0 aliphatic rings. The maximum absolute atomic E-state index is 4.18. The number of nitrogens with zero attached hydrogens (tertiary/aromatic N) is 1. The molecule has 0 aliphatic heterocycles. The molecule has 68 valence electrons. The normalized spacial score (nSPS) is 12.8. The second-order valence-corrected chi connectivity index (χ2v) is 4.35. The lowest BCUT2D eigenvalue weighted by Gasteiger charge is -2.14. The van der Waals surface area contributed by atoms with E-state index in [1.807, 2.05) is 23.3 Å². The van der Waals surface area contributed by atoms with Gasteiger partial charge in [0.1, 0.15) is 0 Å². The van der Waals surface area contributed by atoms with Crippen molar-refractivity contribution >= 4 is 28.2 Å². The summed E-state index contributed by atoms with van der Waals surface area (Å²) in [7, 11) is 0. The predicted octanol–water partition coefficient (Wildman–Crippen LogP) is 2.70. The minimum atomic E-state index is 0.561. The molecule has 1 rings (SSSR count). The fourth-order valence-corrected chi connectivity index (χ4v) is 2.26. The molecule has 1 atom stereocenters. The van der Waals surface area contributed by atoms with E-state index in [1.165, 1.54) is 0 Å². The van der Waals surface area contributed by atoms with E-state index in [2.05, 4.69) is 23.5 Å². The third-order valence-corrected chi connectivity index (χ3v) is 3.06. The summed E-state index contributed by atoms with van der Waals surface area (Å²) in [5.74, 6) is 1.15. The fraction of sp³-hybridized carbons (Fsp3) is 0.625. The average Bonchev–Trinajstić information content (AvgIpc) is 2.56. The monoisotopic (exact) mass is 202 g/mol. The maximum Gasteiger partial charge on any atom is 0.182 e. The van der Waals surface area contributed by atoms with Crippen molar-refractivity contribution < 1.29 is 0 Å². The molecule has 0 aliphatic carbocycles. The summed E-state index contributed by atoms with van der Waals surface area (Å²) < 4.78 is 0. The Labute approximate surface area is 81.8 Å². The summed E-state index contributed by atoms with van der Waals surface area (Å²) in [4.78, 5) is 4.18. The van der Waals surface area contributed by atoms with Gasteiger partial charge in [-0.25, -0.2) is 4.98 Å². The largest absolute Gasteiger partial charge is 0.358 e. The van der Waals surface area contributed by atoms with Crippen LogP contribution in [0.25, 0.3) is 0 Å². The van der Waals surface area contributed by atoms with Gasteiger partial charge < -0.3 is 5.32 Å². The number of nitrogens with one attached hydrogen (secondary N) is 1. The first-order valence-corrected chi connectivity index (χ1v) is 6.29. The van der Waals surface area contributed by atoms with Crippen LogP contribution in [0.2, 0.25) is 0 Å². The number of hydrogen-bond acceptors (Lipinski definition) is 4. The molecule has 1 heterocycles. The van der Waals surface area contributed by atoms with Gasteiger partial charge in [0.2, 0.25) is 0 Å².